The van der Waals surface area contributed by atoms with Crippen LogP contribution in [0.5, 0.6) is 5.75 Å². The number of carbonyl (C=O) groups excluding carboxylic acids is 1. The molecule has 4 nitrogen and oxygen atoms in total. The third kappa shape index (κ3) is 4.35. The number of ketones is 1. The highest BCUT2D eigenvalue weighted by atomic mass is 79.9. The van der Waals surface area contributed by atoms with Crippen molar-refractivity contribution in [1.82, 2.24) is 0 Å². The first-order chi connectivity index (χ1) is 8.85. The number of carbonyl (C=O) groups is 2. The first-order valence-electron chi connectivity index (χ1n) is 5.94. The SMILES string of the molecule is COc1cc(C)c(Br)cc1C(=O)CC(C)CC(=O)O. The van der Waals surface area contributed by atoms with E-state index in [1.807, 2.05) is 6.92 Å². The molecule has 104 valence electrons. The standard InChI is InChI=1S/C14H17BrO4/c1-8(5-14(17)18)4-12(16)10-7-11(15)9(2)6-13(10)19-3/h6-8H,4-5H2,1-3H3,(H,17,18). The molecule has 1 unspecified atom stereocenters. The maximum atomic E-state index is 12.2. The van der Waals surface area contributed by atoms with Gasteiger partial charge in [0.1, 0.15) is 5.75 Å². The molecular weight excluding hydrogens is 312 g/mol. The first kappa shape index (κ1) is 15.7. The van der Waals surface area contributed by atoms with E-state index in [1.165, 1.54) is 7.11 Å². The quantitative estimate of drug-likeness (QED) is 0.812. The number of halogens is 1. The van der Waals surface area contributed by atoms with Gasteiger partial charge in [-0.1, -0.05) is 22.9 Å². The van der Waals surface area contributed by atoms with E-state index in [0.717, 1.165) is 10.0 Å². The fraction of sp³-hybridized carbons (Fsp3) is 0.429. The van der Waals surface area contributed by atoms with Crippen LogP contribution in [0.4, 0.5) is 0 Å². The van der Waals surface area contributed by atoms with Crippen molar-refractivity contribution in [3.63, 3.8) is 0 Å². The van der Waals surface area contributed by atoms with Crippen molar-refractivity contribution >= 4 is 27.7 Å². The Bertz CT molecular complexity index is 496. The molecule has 0 aliphatic rings. The van der Waals surface area contributed by atoms with E-state index < -0.39 is 5.97 Å². The van der Waals surface area contributed by atoms with Crippen LogP contribution >= 0.6 is 15.9 Å². The summed E-state index contributed by atoms with van der Waals surface area (Å²) in [7, 11) is 1.51. The van der Waals surface area contributed by atoms with Gasteiger partial charge in [-0.2, -0.15) is 0 Å². The maximum absolute atomic E-state index is 12.2. The summed E-state index contributed by atoms with van der Waals surface area (Å²) >= 11 is 3.38. The molecular formula is C14H17BrO4. The number of hydrogen-bond acceptors (Lipinski definition) is 3. The Morgan fingerprint density at radius 1 is 1.37 bits per heavy atom. The van der Waals surface area contributed by atoms with Crippen LogP contribution in [0.25, 0.3) is 0 Å². The number of benzene rings is 1. The molecule has 0 aliphatic carbocycles. The van der Waals surface area contributed by atoms with Crippen LogP contribution in [0.2, 0.25) is 0 Å². The molecule has 0 radical (unpaired) electrons. The molecule has 0 saturated heterocycles. The molecule has 0 amide bonds. The van der Waals surface area contributed by atoms with Gasteiger partial charge in [0.2, 0.25) is 0 Å². The predicted octanol–water partition coefficient (Wildman–Crippen LogP) is 3.45. The monoisotopic (exact) mass is 328 g/mol. The second-order valence-corrected chi connectivity index (χ2v) is 5.49. The molecule has 1 aromatic carbocycles. The van der Waals surface area contributed by atoms with Gasteiger partial charge in [0, 0.05) is 17.3 Å². The van der Waals surface area contributed by atoms with Crippen LogP contribution < -0.4 is 4.74 Å². The number of carboxylic acids is 1. The molecule has 0 bridgehead atoms. The molecule has 19 heavy (non-hydrogen) atoms. The Labute approximate surface area is 120 Å². The van der Waals surface area contributed by atoms with Gasteiger partial charge >= 0.3 is 5.97 Å². The van der Waals surface area contributed by atoms with Crippen molar-refractivity contribution < 1.29 is 19.4 Å². The zero-order chi connectivity index (χ0) is 14.6. The van der Waals surface area contributed by atoms with E-state index in [-0.39, 0.29) is 24.5 Å². The van der Waals surface area contributed by atoms with Gasteiger partial charge in [-0.25, -0.2) is 0 Å². The minimum Gasteiger partial charge on any atom is -0.496 e. The summed E-state index contributed by atoms with van der Waals surface area (Å²) in [6.45, 7) is 3.66. The van der Waals surface area contributed by atoms with Gasteiger partial charge in [0.05, 0.1) is 12.7 Å². The van der Waals surface area contributed by atoms with E-state index in [9.17, 15) is 9.59 Å². The van der Waals surface area contributed by atoms with E-state index in [0.29, 0.717) is 11.3 Å². The molecule has 0 spiro atoms. The number of ether oxygens (including phenoxy) is 1. The normalized spacial score (nSPS) is 12.0. The van der Waals surface area contributed by atoms with Gasteiger partial charge in [-0.15, -0.1) is 0 Å². The summed E-state index contributed by atoms with van der Waals surface area (Å²) in [6.07, 6.45) is 0.180. The maximum Gasteiger partial charge on any atom is 0.303 e. The fourth-order valence-corrected chi connectivity index (χ4v) is 2.18. The summed E-state index contributed by atoms with van der Waals surface area (Å²) < 4.78 is 6.04. The molecule has 0 heterocycles. The van der Waals surface area contributed by atoms with Crippen molar-refractivity contribution in [3.05, 3.63) is 27.7 Å². The topological polar surface area (TPSA) is 63.6 Å². The molecule has 1 aromatic rings. The molecule has 1 rings (SSSR count). The fourth-order valence-electron chi connectivity index (χ4n) is 1.84. The van der Waals surface area contributed by atoms with Crippen LogP contribution in [0.3, 0.4) is 0 Å². The number of aliphatic carboxylic acids is 1. The lowest BCUT2D eigenvalue weighted by atomic mass is 9.96. The summed E-state index contributed by atoms with van der Waals surface area (Å²) in [5.41, 5.74) is 1.46. The smallest absolute Gasteiger partial charge is 0.303 e. The van der Waals surface area contributed by atoms with Crippen LogP contribution in [0, 0.1) is 12.8 Å². The molecule has 1 atom stereocenters. The van der Waals surface area contributed by atoms with E-state index >= 15 is 0 Å². The molecule has 1 N–H and O–H groups in total. The van der Waals surface area contributed by atoms with Gasteiger partial charge in [-0.05, 0) is 30.5 Å². The molecule has 5 heteroatoms. The molecule has 0 aliphatic heterocycles. The third-order valence-corrected chi connectivity index (χ3v) is 3.69. The van der Waals surface area contributed by atoms with Crippen molar-refractivity contribution in [1.29, 1.82) is 0 Å². The lowest BCUT2D eigenvalue weighted by molar-refractivity contribution is -0.137. The predicted molar refractivity (Wildman–Crippen MR) is 75.8 cm³/mol. The van der Waals surface area contributed by atoms with Gasteiger partial charge in [0.15, 0.2) is 5.78 Å². The first-order valence-corrected chi connectivity index (χ1v) is 6.73. The highest BCUT2D eigenvalue weighted by molar-refractivity contribution is 9.10. The summed E-state index contributed by atoms with van der Waals surface area (Å²) in [5.74, 6) is -0.674. The Balaban J connectivity index is 2.93. The van der Waals surface area contributed by atoms with Gasteiger partial charge in [-0.3, -0.25) is 9.59 Å². The van der Waals surface area contributed by atoms with Crippen LogP contribution in [-0.2, 0) is 4.79 Å². The summed E-state index contributed by atoms with van der Waals surface area (Å²) in [5, 5.41) is 8.71. The highest BCUT2D eigenvalue weighted by Gasteiger charge is 2.18. The minimum atomic E-state index is -0.891. The lowest BCUT2D eigenvalue weighted by Crippen LogP contribution is -2.11. The second kappa shape index (κ2) is 6.70. The Hall–Kier alpha value is -1.36. The highest BCUT2D eigenvalue weighted by Crippen LogP contribution is 2.28. The number of aryl methyl sites for hydroxylation is 1. The number of carboxylic acid groups (broad SMARTS) is 1. The summed E-state index contributed by atoms with van der Waals surface area (Å²) in [6, 6.07) is 3.52. The Morgan fingerprint density at radius 3 is 2.53 bits per heavy atom. The average Bonchev–Trinajstić information content (AvgIpc) is 2.30. The molecule has 0 fully saturated rings. The third-order valence-electron chi connectivity index (χ3n) is 2.84. The zero-order valence-electron chi connectivity index (χ0n) is 11.2. The number of methoxy groups -OCH3 is 1. The Kier molecular flexibility index (Phi) is 5.54. The van der Waals surface area contributed by atoms with Crippen molar-refractivity contribution in [2.24, 2.45) is 5.92 Å². The minimum absolute atomic E-state index is 0.0128. The van der Waals surface area contributed by atoms with E-state index in [2.05, 4.69) is 15.9 Å². The Morgan fingerprint density at radius 2 is 2.00 bits per heavy atom. The largest absolute Gasteiger partial charge is 0.496 e. The average molecular weight is 329 g/mol. The number of Topliss-reactive ketones (excluding diaryl/α,β-unsaturated/α-hetero) is 1. The number of hydrogen-bond donors (Lipinski definition) is 1. The van der Waals surface area contributed by atoms with Crippen molar-refractivity contribution in [2.75, 3.05) is 7.11 Å². The van der Waals surface area contributed by atoms with Crippen molar-refractivity contribution in [3.8, 4) is 5.75 Å². The lowest BCUT2D eigenvalue weighted by Gasteiger charge is -2.12. The second-order valence-electron chi connectivity index (χ2n) is 4.63. The molecule has 0 aromatic heterocycles. The molecule has 0 saturated carbocycles. The zero-order valence-corrected chi connectivity index (χ0v) is 12.8. The van der Waals surface area contributed by atoms with Crippen LogP contribution in [0.1, 0.15) is 35.7 Å². The van der Waals surface area contributed by atoms with Crippen molar-refractivity contribution in [2.45, 2.75) is 26.7 Å². The van der Waals surface area contributed by atoms with Crippen LogP contribution in [-0.4, -0.2) is 24.0 Å². The van der Waals surface area contributed by atoms with Crippen LogP contribution in [0.15, 0.2) is 16.6 Å². The van der Waals surface area contributed by atoms with E-state index in [1.54, 1.807) is 19.1 Å². The summed E-state index contributed by atoms with van der Waals surface area (Å²) in [4.78, 5) is 22.8. The van der Waals surface area contributed by atoms with Gasteiger partial charge < -0.3 is 9.84 Å². The van der Waals surface area contributed by atoms with E-state index in [4.69, 9.17) is 9.84 Å². The number of rotatable bonds is 6. The van der Waals surface area contributed by atoms with Gasteiger partial charge in [0.25, 0.3) is 0 Å².